The predicted molar refractivity (Wildman–Crippen MR) is 78.0 cm³/mol. The predicted octanol–water partition coefficient (Wildman–Crippen LogP) is 2.76. The average Bonchev–Trinajstić information content (AvgIpc) is 2.36. The van der Waals surface area contributed by atoms with Crippen LogP contribution in [0.4, 0.5) is 4.79 Å². The summed E-state index contributed by atoms with van der Waals surface area (Å²) >= 11 is 0. The van der Waals surface area contributed by atoms with Crippen molar-refractivity contribution in [2.75, 3.05) is 0 Å². The Morgan fingerprint density at radius 2 is 1.95 bits per heavy atom. The third-order valence-corrected chi connectivity index (χ3v) is 2.51. The molecule has 5 heteroatoms. The first-order valence-corrected chi connectivity index (χ1v) is 6.50. The lowest BCUT2D eigenvalue weighted by molar-refractivity contribution is 0.0497. The first-order valence-electron chi connectivity index (χ1n) is 6.50. The van der Waals surface area contributed by atoms with Crippen molar-refractivity contribution >= 4 is 17.0 Å². The van der Waals surface area contributed by atoms with E-state index in [1.54, 1.807) is 0 Å². The number of hydrazine groups is 1. The van der Waals surface area contributed by atoms with Gasteiger partial charge in [-0.2, -0.15) is 0 Å². The van der Waals surface area contributed by atoms with Gasteiger partial charge in [0, 0.05) is 5.39 Å². The smallest absolute Gasteiger partial charge is 0.422 e. The van der Waals surface area contributed by atoms with Crippen molar-refractivity contribution in [1.82, 2.24) is 15.8 Å². The molecule has 0 spiro atoms. The molecule has 20 heavy (non-hydrogen) atoms. The van der Waals surface area contributed by atoms with Crippen LogP contribution in [0.3, 0.4) is 0 Å². The number of hydrogen-bond donors (Lipinski definition) is 2. The lowest BCUT2D eigenvalue weighted by Crippen LogP contribution is -2.40. The van der Waals surface area contributed by atoms with E-state index >= 15 is 0 Å². The van der Waals surface area contributed by atoms with E-state index in [1.165, 1.54) is 0 Å². The lowest BCUT2D eigenvalue weighted by Gasteiger charge is -2.19. The second-order valence-electron chi connectivity index (χ2n) is 5.48. The Balaban J connectivity index is 1.88. The van der Waals surface area contributed by atoms with E-state index in [1.807, 2.05) is 57.2 Å². The summed E-state index contributed by atoms with van der Waals surface area (Å²) < 4.78 is 5.11. The first-order chi connectivity index (χ1) is 9.44. The monoisotopic (exact) mass is 273 g/mol. The summed E-state index contributed by atoms with van der Waals surface area (Å²) in [7, 11) is 0. The largest absolute Gasteiger partial charge is 0.443 e. The van der Waals surface area contributed by atoms with Crippen molar-refractivity contribution in [2.45, 2.75) is 32.9 Å². The van der Waals surface area contributed by atoms with Crippen LogP contribution in [0.15, 0.2) is 36.4 Å². The van der Waals surface area contributed by atoms with Crippen LogP contribution in [0, 0.1) is 0 Å². The van der Waals surface area contributed by atoms with E-state index in [4.69, 9.17) is 4.74 Å². The summed E-state index contributed by atoms with van der Waals surface area (Å²) in [5, 5.41) is 1.09. The number of pyridine rings is 1. The highest BCUT2D eigenvalue weighted by Gasteiger charge is 2.15. The second kappa shape index (κ2) is 5.88. The molecule has 2 aromatic rings. The van der Waals surface area contributed by atoms with Crippen LogP contribution < -0.4 is 10.9 Å². The van der Waals surface area contributed by atoms with Crippen molar-refractivity contribution in [3.05, 3.63) is 42.1 Å². The Kier molecular flexibility index (Phi) is 4.20. The van der Waals surface area contributed by atoms with Crippen molar-refractivity contribution < 1.29 is 9.53 Å². The molecule has 2 rings (SSSR count). The minimum atomic E-state index is -0.507. The quantitative estimate of drug-likeness (QED) is 0.844. The number of carbonyl (C=O) groups excluding carboxylic acids is 1. The SMILES string of the molecule is CC(C)(C)OC(=O)NNCc1ccc2ccccc2n1. The fourth-order valence-electron chi connectivity index (χ4n) is 1.72. The molecule has 0 aliphatic rings. The van der Waals surface area contributed by atoms with E-state index in [0.717, 1.165) is 16.6 Å². The molecule has 1 amide bonds. The van der Waals surface area contributed by atoms with Crippen molar-refractivity contribution in [2.24, 2.45) is 0 Å². The van der Waals surface area contributed by atoms with Crippen molar-refractivity contribution in [3.8, 4) is 0 Å². The van der Waals surface area contributed by atoms with E-state index in [-0.39, 0.29) is 0 Å². The van der Waals surface area contributed by atoms with E-state index < -0.39 is 11.7 Å². The normalized spacial score (nSPS) is 11.3. The number of hydrogen-bond acceptors (Lipinski definition) is 4. The summed E-state index contributed by atoms with van der Waals surface area (Å²) in [6, 6.07) is 11.8. The number of nitrogens with zero attached hydrogens (tertiary/aromatic N) is 1. The van der Waals surface area contributed by atoms with Gasteiger partial charge >= 0.3 is 6.09 Å². The average molecular weight is 273 g/mol. The maximum absolute atomic E-state index is 11.4. The van der Waals surface area contributed by atoms with Gasteiger partial charge in [0.2, 0.25) is 0 Å². The van der Waals surface area contributed by atoms with Crippen LogP contribution in [0.25, 0.3) is 10.9 Å². The number of carbonyl (C=O) groups is 1. The molecule has 106 valence electrons. The van der Waals surface area contributed by atoms with E-state index in [0.29, 0.717) is 6.54 Å². The van der Waals surface area contributed by atoms with Gasteiger partial charge in [-0.15, -0.1) is 0 Å². The van der Waals surface area contributed by atoms with Gasteiger partial charge in [0.1, 0.15) is 5.60 Å². The molecule has 0 unspecified atom stereocenters. The number of nitrogens with one attached hydrogen (secondary N) is 2. The first kappa shape index (κ1) is 14.3. The highest BCUT2D eigenvalue weighted by Crippen LogP contribution is 2.11. The summed E-state index contributed by atoms with van der Waals surface area (Å²) in [5.41, 5.74) is 6.56. The summed E-state index contributed by atoms with van der Waals surface area (Å²) in [6.07, 6.45) is -0.502. The summed E-state index contributed by atoms with van der Waals surface area (Å²) in [4.78, 5) is 15.9. The van der Waals surface area contributed by atoms with Gasteiger partial charge in [-0.25, -0.2) is 10.2 Å². The van der Waals surface area contributed by atoms with E-state index in [9.17, 15) is 4.79 Å². The molecule has 1 aromatic carbocycles. The Hall–Kier alpha value is -2.14. The number of aromatic nitrogens is 1. The molecule has 0 atom stereocenters. The molecule has 2 N–H and O–H groups in total. The number of fused-ring (bicyclic) bond motifs is 1. The highest BCUT2D eigenvalue weighted by molar-refractivity contribution is 5.78. The van der Waals surface area contributed by atoms with Gasteiger partial charge < -0.3 is 4.74 Å². The molecule has 0 saturated carbocycles. The van der Waals surface area contributed by atoms with Crippen molar-refractivity contribution in [1.29, 1.82) is 0 Å². The van der Waals surface area contributed by atoms with Gasteiger partial charge in [0.05, 0.1) is 17.8 Å². The zero-order chi connectivity index (χ0) is 14.6. The second-order valence-corrected chi connectivity index (χ2v) is 5.48. The van der Waals surface area contributed by atoms with Crippen LogP contribution in [0.1, 0.15) is 26.5 Å². The third kappa shape index (κ3) is 4.20. The zero-order valence-corrected chi connectivity index (χ0v) is 11.9. The van der Waals surface area contributed by atoms with Gasteiger partial charge in [0.15, 0.2) is 0 Å². The summed E-state index contributed by atoms with van der Waals surface area (Å²) in [6.45, 7) is 5.89. The molecule has 1 heterocycles. The molecule has 0 fully saturated rings. The van der Waals surface area contributed by atoms with Crippen LogP contribution in [0.5, 0.6) is 0 Å². The lowest BCUT2D eigenvalue weighted by atomic mass is 10.2. The molecule has 0 aliphatic carbocycles. The Bertz CT molecular complexity index is 605. The number of rotatable bonds is 3. The van der Waals surface area contributed by atoms with Gasteiger partial charge in [-0.1, -0.05) is 24.3 Å². The van der Waals surface area contributed by atoms with Crippen LogP contribution in [0.2, 0.25) is 0 Å². The number of para-hydroxylation sites is 1. The minimum Gasteiger partial charge on any atom is -0.443 e. The fraction of sp³-hybridized carbons (Fsp3) is 0.333. The fourth-order valence-corrected chi connectivity index (χ4v) is 1.72. The molecule has 0 aliphatic heterocycles. The Morgan fingerprint density at radius 3 is 2.70 bits per heavy atom. The standard InChI is InChI=1S/C15H19N3O2/c1-15(2,3)20-14(19)18-16-10-12-9-8-11-6-4-5-7-13(11)17-12/h4-9,16H,10H2,1-3H3,(H,18,19). The Labute approximate surface area is 118 Å². The van der Waals surface area contributed by atoms with Gasteiger partial charge in [0.25, 0.3) is 0 Å². The molecule has 1 aromatic heterocycles. The third-order valence-electron chi connectivity index (χ3n) is 2.51. The molecule has 0 bridgehead atoms. The van der Waals surface area contributed by atoms with E-state index in [2.05, 4.69) is 15.8 Å². The van der Waals surface area contributed by atoms with Crippen LogP contribution in [-0.4, -0.2) is 16.7 Å². The van der Waals surface area contributed by atoms with Crippen molar-refractivity contribution in [3.63, 3.8) is 0 Å². The number of ether oxygens (including phenoxy) is 1. The highest BCUT2D eigenvalue weighted by atomic mass is 16.6. The maximum atomic E-state index is 11.4. The van der Waals surface area contributed by atoms with Crippen LogP contribution >= 0.6 is 0 Å². The van der Waals surface area contributed by atoms with Crippen LogP contribution in [-0.2, 0) is 11.3 Å². The maximum Gasteiger partial charge on any atom is 0.422 e. The molecular weight excluding hydrogens is 254 g/mol. The van der Waals surface area contributed by atoms with Gasteiger partial charge in [-0.3, -0.25) is 10.4 Å². The minimum absolute atomic E-state index is 0.435. The molecular formula is C15H19N3O2. The zero-order valence-electron chi connectivity index (χ0n) is 11.9. The molecule has 0 radical (unpaired) electrons. The summed E-state index contributed by atoms with van der Waals surface area (Å²) in [5.74, 6) is 0. The topological polar surface area (TPSA) is 63.2 Å². The number of amides is 1. The van der Waals surface area contributed by atoms with Gasteiger partial charge in [-0.05, 0) is 32.9 Å². The molecule has 5 nitrogen and oxygen atoms in total. The number of benzene rings is 1. The Morgan fingerprint density at radius 1 is 1.20 bits per heavy atom. The molecule has 0 saturated heterocycles.